The van der Waals surface area contributed by atoms with Crippen LogP contribution in [0.4, 0.5) is 0 Å². The number of aliphatic hydroxyl groups excluding tert-OH is 6. The molecule has 3 heterocycles. The average molecular weight is 683 g/mol. The second-order valence-corrected chi connectivity index (χ2v) is 14.3. The van der Waals surface area contributed by atoms with Crippen molar-refractivity contribution in [2.45, 2.75) is 101 Å². The van der Waals surface area contributed by atoms with E-state index in [0.717, 1.165) is 13.2 Å². The van der Waals surface area contributed by atoms with Gasteiger partial charge in [0.05, 0.1) is 32.3 Å². The number of carbonyl (C=O) groups is 4. The van der Waals surface area contributed by atoms with E-state index in [9.17, 15) is 49.8 Å². The number of Topliss-reactive ketones (excluding diaryl/α,β-unsaturated/α-hetero) is 1. The predicted octanol–water partition coefficient (Wildman–Crippen LogP) is -2.22. The largest absolute Gasteiger partial charge is 0.467 e. The van der Waals surface area contributed by atoms with E-state index in [1.165, 1.54) is 0 Å². The highest BCUT2D eigenvalue weighted by molar-refractivity contribution is 5.96. The van der Waals surface area contributed by atoms with Crippen LogP contribution in [0.1, 0.15) is 40.5 Å². The topological polar surface area (TPSA) is 245 Å². The van der Waals surface area contributed by atoms with Crippen molar-refractivity contribution in [2.75, 3.05) is 20.3 Å². The fraction of sp³-hybridized carbons (Fsp3) is 0.750. The number of carbonyl (C=O) groups excluding carboxylic acids is 4. The Labute approximate surface area is 275 Å². The monoisotopic (exact) mass is 682 g/mol. The molecule has 0 unspecified atom stereocenters. The van der Waals surface area contributed by atoms with Gasteiger partial charge < -0.3 is 59.1 Å². The van der Waals surface area contributed by atoms with Gasteiger partial charge in [0.25, 0.3) is 0 Å². The molecule has 15 atom stereocenters. The molecule has 6 rings (SSSR count). The number of hydrogen-bond donors (Lipinski definition) is 6. The van der Waals surface area contributed by atoms with E-state index >= 15 is 0 Å². The van der Waals surface area contributed by atoms with Crippen LogP contribution in [0.5, 0.6) is 0 Å². The Hall–Kier alpha value is -2.96. The van der Waals surface area contributed by atoms with Gasteiger partial charge >= 0.3 is 17.9 Å². The molecule has 1 spiro atoms. The Morgan fingerprint density at radius 1 is 1.02 bits per heavy atom. The van der Waals surface area contributed by atoms with Gasteiger partial charge in [-0.05, 0) is 44.1 Å². The summed E-state index contributed by atoms with van der Waals surface area (Å²) in [6.07, 6.45) is -13.7. The minimum Gasteiger partial charge on any atom is -0.467 e. The molecule has 266 valence electrons. The lowest BCUT2D eigenvalue weighted by atomic mass is 9.38. The molecule has 3 saturated heterocycles. The zero-order chi connectivity index (χ0) is 35.2. The van der Waals surface area contributed by atoms with Crippen molar-refractivity contribution >= 4 is 23.7 Å². The molecule has 6 N–H and O–H groups in total. The predicted molar refractivity (Wildman–Crippen MR) is 155 cm³/mol. The summed E-state index contributed by atoms with van der Waals surface area (Å²) in [5.74, 6) is -6.88. The SMILES string of the molecule is COC(=O)[C@@]12OC[C@]34[C@H]([C@@H](O)[C@@H]1O)[C@@]1(C)CC(=O)C(O[C@@H]5O[C@H](CO)[C@@H](O)[C@H](O)[C@H]5O)=C(C)[C@H]1C[C@H]3OC(=O)[C@H](OC(=O)C=C(C)C)[C@@H]24. The number of allylic oxidation sites excluding steroid dienone is 3. The first-order valence-corrected chi connectivity index (χ1v) is 15.9. The molecular weight excluding hydrogens is 640 g/mol. The van der Waals surface area contributed by atoms with Crippen LogP contribution in [0.25, 0.3) is 0 Å². The maximum Gasteiger partial charge on any atom is 0.348 e. The maximum atomic E-state index is 13.9. The smallest absolute Gasteiger partial charge is 0.348 e. The summed E-state index contributed by atoms with van der Waals surface area (Å²) in [6, 6.07) is 0. The summed E-state index contributed by atoms with van der Waals surface area (Å²) >= 11 is 0. The normalized spacial score (nSPS) is 47.7. The highest BCUT2D eigenvalue weighted by Crippen LogP contribution is 2.73. The van der Waals surface area contributed by atoms with E-state index in [1.807, 2.05) is 0 Å². The summed E-state index contributed by atoms with van der Waals surface area (Å²) in [6.45, 7) is 5.57. The van der Waals surface area contributed by atoms with E-state index in [0.29, 0.717) is 11.1 Å². The molecule has 0 aromatic rings. The molecule has 3 aliphatic carbocycles. The lowest BCUT2D eigenvalue weighted by molar-refractivity contribution is -0.296. The fourth-order valence-corrected chi connectivity index (χ4v) is 9.68. The maximum absolute atomic E-state index is 13.9. The van der Waals surface area contributed by atoms with Gasteiger partial charge in [0, 0.05) is 23.8 Å². The van der Waals surface area contributed by atoms with Gasteiger partial charge in [-0.15, -0.1) is 0 Å². The zero-order valence-electron chi connectivity index (χ0n) is 27.1. The fourth-order valence-electron chi connectivity index (χ4n) is 9.68. The van der Waals surface area contributed by atoms with Crippen molar-refractivity contribution in [3.63, 3.8) is 0 Å². The van der Waals surface area contributed by atoms with Gasteiger partial charge in [-0.3, -0.25) is 4.79 Å². The van der Waals surface area contributed by atoms with Crippen molar-refractivity contribution in [1.82, 2.24) is 0 Å². The van der Waals surface area contributed by atoms with Crippen molar-refractivity contribution in [2.24, 2.45) is 28.6 Å². The van der Waals surface area contributed by atoms with Gasteiger partial charge in [0.15, 0.2) is 11.5 Å². The van der Waals surface area contributed by atoms with Crippen LogP contribution in [0.2, 0.25) is 0 Å². The van der Waals surface area contributed by atoms with E-state index in [2.05, 4.69) is 0 Å². The molecule has 0 aromatic carbocycles. The van der Waals surface area contributed by atoms with E-state index < -0.39 is 120 Å². The van der Waals surface area contributed by atoms with Crippen LogP contribution in [-0.2, 0) is 47.6 Å². The average Bonchev–Trinajstić information content (AvgIpc) is 3.33. The van der Waals surface area contributed by atoms with Gasteiger partial charge in [0.2, 0.25) is 18.0 Å². The lowest BCUT2D eigenvalue weighted by Gasteiger charge is -2.67. The molecule has 2 saturated carbocycles. The summed E-state index contributed by atoms with van der Waals surface area (Å²) in [4.78, 5) is 54.0. The summed E-state index contributed by atoms with van der Waals surface area (Å²) in [5.41, 5.74) is -4.04. The third-order valence-corrected chi connectivity index (χ3v) is 11.5. The van der Waals surface area contributed by atoms with Gasteiger partial charge in [-0.1, -0.05) is 12.5 Å². The highest BCUT2D eigenvalue weighted by atomic mass is 16.7. The highest BCUT2D eigenvalue weighted by Gasteiger charge is 2.85. The summed E-state index contributed by atoms with van der Waals surface area (Å²) < 4.78 is 34.1. The van der Waals surface area contributed by atoms with Crippen LogP contribution in [0, 0.1) is 28.6 Å². The Kier molecular flexibility index (Phi) is 8.60. The quantitative estimate of drug-likeness (QED) is 0.0987. The van der Waals surface area contributed by atoms with E-state index in [1.54, 1.807) is 27.7 Å². The van der Waals surface area contributed by atoms with Crippen LogP contribution in [0.15, 0.2) is 23.0 Å². The number of methoxy groups -OCH3 is 1. The van der Waals surface area contributed by atoms with Crippen LogP contribution in [-0.4, -0.2) is 135 Å². The Morgan fingerprint density at radius 3 is 2.33 bits per heavy atom. The van der Waals surface area contributed by atoms with Crippen molar-refractivity contribution < 1.29 is 78.2 Å². The molecule has 16 heteroatoms. The zero-order valence-corrected chi connectivity index (χ0v) is 27.1. The lowest BCUT2D eigenvalue weighted by Crippen LogP contribution is -2.79. The standard InChI is InChI=1S/C32H42O16/c1-11(2)6-17(35)47-23-25-31-10-44-32(25,29(42)43-5)26(40)21(39)24(31)30(4)8-14(34)22(12(3)13(30)7-16(31)46-27(23)41)48-28-20(38)19(37)18(36)15(9-33)45-28/h6,13,15-16,18-21,23-26,28,33,36-40H,7-10H2,1-5H3/t13-,15-,16-,18-,19+,20-,21-,23-,24-,25-,26+,28+,30+,31-,32+/m1/s1. The molecule has 5 fully saturated rings. The van der Waals surface area contributed by atoms with Crippen LogP contribution in [0.3, 0.4) is 0 Å². The number of fused-ring (bicyclic) bond motifs is 2. The summed E-state index contributed by atoms with van der Waals surface area (Å²) in [5, 5.41) is 64.3. The first-order chi connectivity index (χ1) is 22.5. The van der Waals surface area contributed by atoms with Gasteiger partial charge in [-0.25, -0.2) is 14.4 Å². The molecule has 0 aromatic heterocycles. The van der Waals surface area contributed by atoms with E-state index in [-0.39, 0.29) is 25.2 Å². The molecule has 0 amide bonds. The molecule has 2 bridgehead atoms. The third kappa shape index (κ3) is 4.57. The van der Waals surface area contributed by atoms with Crippen LogP contribution < -0.4 is 0 Å². The molecule has 3 aliphatic heterocycles. The second kappa shape index (κ2) is 11.8. The summed E-state index contributed by atoms with van der Waals surface area (Å²) in [7, 11) is 1.06. The van der Waals surface area contributed by atoms with Crippen molar-refractivity contribution in [3.8, 4) is 0 Å². The van der Waals surface area contributed by atoms with E-state index in [4.69, 9.17) is 28.4 Å². The number of ketones is 1. The first kappa shape index (κ1) is 34.9. The number of hydrogen-bond acceptors (Lipinski definition) is 16. The first-order valence-electron chi connectivity index (χ1n) is 15.9. The minimum absolute atomic E-state index is 0.0357. The number of esters is 3. The molecular formula is C32H42O16. The number of aliphatic hydroxyl groups is 6. The van der Waals surface area contributed by atoms with Crippen molar-refractivity contribution in [1.29, 1.82) is 0 Å². The number of ether oxygens (including phenoxy) is 6. The molecule has 0 radical (unpaired) electrons. The minimum atomic E-state index is -2.32. The molecule has 48 heavy (non-hydrogen) atoms. The Bertz CT molecular complexity index is 1450. The number of rotatable bonds is 6. The van der Waals surface area contributed by atoms with Crippen LogP contribution >= 0.6 is 0 Å². The van der Waals surface area contributed by atoms with Gasteiger partial charge in [0.1, 0.15) is 36.6 Å². The van der Waals surface area contributed by atoms with Gasteiger partial charge in [-0.2, -0.15) is 0 Å². The third-order valence-electron chi connectivity index (χ3n) is 11.5. The molecule has 6 aliphatic rings. The Morgan fingerprint density at radius 2 is 1.71 bits per heavy atom. The molecule has 16 nitrogen and oxygen atoms in total. The second-order valence-electron chi connectivity index (χ2n) is 14.3. The van der Waals surface area contributed by atoms with Crippen molar-refractivity contribution in [3.05, 3.63) is 23.0 Å². The Balaban J connectivity index is 1.45.